The van der Waals surface area contributed by atoms with Gasteiger partial charge in [0.1, 0.15) is 0 Å². The third kappa shape index (κ3) is 11.5. The van der Waals surface area contributed by atoms with E-state index < -0.39 is 0 Å². The first-order valence-electron chi connectivity index (χ1n) is 22.9. The van der Waals surface area contributed by atoms with Gasteiger partial charge in [-0.05, 0) is 132 Å². The van der Waals surface area contributed by atoms with E-state index in [0.717, 1.165) is 63.1 Å². The van der Waals surface area contributed by atoms with Gasteiger partial charge >= 0.3 is 0 Å². The number of hydrogen-bond acceptors (Lipinski definition) is 5. The van der Waals surface area contributed by atoms with Gasteiger partial charge in [-0.15, -0.1) is 0 Å². The van der Waals surface area contributed by atoms with Crippen molar-refractivity contribution in [1.82, 2.24) is 4.90 Å². The molecule has 0 spiro atoms. The minimum atomic E-state index is 0.0166. The van der Waals surface area contributed by atoms with Gasteiger partial charge in [0, 0.05) is 25.4 Å². The van der Waals surface area contributed by atoms with Crippen molar-refractivity contribution in [3.63, 3.8) is 0 Å². The van der Waals surface area contributed by atoms with Crippen LogP contribution in [0.1, 0.15) is 183 Å². The fourth-order valence-electron chi connectivity index (χ4n) is 11.6. The van der Waals surface area contributed by atoms with Crippen molar-refractivity contribution in [2.24, 2.45) is 46.2 Å². The maximum absolute atomic E-state index is 7.53. The highest BCUT2D eigenvalue weighted by molar-refractivity contribution is 5.27. The van der Waals surface area contributed by atoms with Crippen molar-refractivity contribution in [1.29, 1.82) is 0 Å². The van der Waals surface area contributed by atoms with Crippen LogP contribution in [-0.4, -0.2) is 69.7 Å². The van der Waals surface area contributed by atoms with Crippen LogP contribution in [0.5, 0.6) is 0 Å². The molecule has 9 unspecified atom stereocenters. The number of unbranched alkanes of at least 4 members (excludes halogenated alkanes) is 9. The zero-order chi connectivity index (χ0) is 37.6. The first-order valence-corrected chi connectivity index (χ1v) is 22.9. The third-order valence-corrected chi connectivity index (χ3v) is 15.5. The summed E-state index contributed by atoms with van der Waals surface area (Å²) in [6.07, 6.45) is 31.4. The molecule has 0 aromatic carbocycles. The summed E-state index contributed by atoms with van der Waals surface area (Å²) in [5.74, 6) is 3.90. The van der Waals surface area contributed by atoms with Crippen LogP contribution in [0, 0.1) is 40.4 Å². The molecule has 0 aromatic rings. The molecule has 2 N–H and O–H groups in total. The number of rotatable bonds is 26. The molecule has 0 aliphatic heterocycles. The molecule has 0 aromatic heterocycles. The Hall–Kier alpha value is -0.460. The molecule has 52 heavy (non-hydrogen) atoms. The molecule has 0 saturated heterocycles. The smallest absolute Gasteiger partial charge is 0.0644 e. The Labute approximate surface area is 323 Å². The molecule has 0 amide bonds. The molecule has 9 atom stereocenters. The fraction of sp³-hybridized carbons (Fsp3) is 0.957. The zero-order valence-electron chi connectivity index (χ0n) is 36.0. The van der Waals surface area contributed by atoms with E-state index in [1.807, 2.05) is 0 Å². The van der Waals surface area contributed by atoms with Gasteiger partial charge in [0.15, 0.2) is 0 Å². The summed E-state index contributed by atoms with van der Waals surface area (Å²) in [7, 11) is 4.27. The first kappa shape index (κ1) is 44.3. The van der Waals surface area contributed by atoms with Crippen LogP contribution >= 0.6 is 0 Å². The number of ether oxygens (including phenoxy) is 3. The molecular formula is C47H88N2O3. The largest absolute Gasteiger partial charge is 0.380 e. The average molecular weight is 729 g/mol. The first-order chi connectivity index (χ1) is 25.0. The van der Waals surface area contributed by atoms with E-state index in [1.165, 1.54) is 135 Å². The van der Waals surface area contributed by atoms with Crippen molar-refractivity contribution in [2.75, 3.05) is 47.1 Å². The molecule has 3 saturated carbocycles. The number of hydrogen-bond donors (Lipinski definition) is 1. The number of fused-ring (bicyclic) bond motifs is 5. The minimum absolute atomic E-state index is 0.0166. The Balaban J connectivity index is 1.08. The van der Waals surface area contributed by atoms with Crippen LogP contribution in [0.3, 0.4) is 0 Å². The highest BCUT2D eigenvalue weighted by Gasteiger charge is 2.63. The van der Waals surface area contributed by atoms with E-state index in [-0.39, 0.29) is 5.54 Å². The summed E-state index contributed by atoms with van der Waals surface area (Å²) in [4.78, 5) is 2.24. The fourth-order valence-corrected chi connectivity index (χ4v) is 11.6. The van der Waals surface area contributed by atoms with Crippen LogP contribution in [0.2, 0.25) is 0 Å². The lowest BCUT2D eigenvalue weighted by Crippen LogP contribution is -2.60. The van der Waals surface area contributed by atoms with E-state index in [4.69, 9.17) is 19.9 Å². The van der Waals surface area contributed by atoms with Gasteiger partial charge in [0.25, 0.3) is 0 Å². The maximum atomic E-state index is 7.53. The lowest BCUT2D eigenvalue weighted by atomic mass is 9.46. The Morgan fingerprint density at radius 1 is 0.750 bits per heavy atom. The quantitative estimate of drug-likeness (QED) is 0.0710. The van der Waals surface area contributed by atoms with E-state index in [0.29, 0.717) is 28.9 Å². The molecule has 5 nitrogen and oxygen atoms in total. The van der Waals surface area contributed by atoms with Crippen molar-refractivity contribution < 1.29 is 14.2 Å². The van der Waals surface area contributed by atoms with Gasteiger partial charge in [-0.2, -0.15) is 0 Å². The molecule has 304 valence electrons. The number of likely N-dealkylation sites (N-methyl/N-ethyl adjacent to an activating group) is 1. The predicted octanol–water partition coefficient (Wildman–Crippen LogP) is 11.8. The van der Waals surface area contributed by atoms with Crippen molar-refractivity contribution in [3.8, 4) is 0 Å². The lowest BCUT2D eigenvalue weighted by Gasteiger charge is -2.60. The molecule has 4 aliphatic carbocycles. The number of allylic oxidation sites excluding steroid dienone is 1. The summed E-state index contributed by atoms with van der Waals surface area (Å²) in [5, 5.41) is 0. The molecule has 4 aliphatic rings. The standard InChI is InChI=1S/C47H88N2O3/c1-9-10-11-14-17-31-50-35-40(49(7)8)36-51-32-18-15-12-13-16-19-33-52-41-25-28-45(5)39(34-41)23-24-42-43(45)26-29-46(6)44(42)27-30-47(46,48)38(4)22-20-21-37(2)3/h23,37-38,40-44H,9-22,24-36,48H2,1-8H3. The molecule has 0 bridgehead atoms. The molecule has 0 radical (unpaired) electrons. The van der Waals surface area contributed by atoms with Crippen LogP contribution < -0.4 is 5.73 Å². The Morgan fingerprint density at radius 3 is 2.00 bits per heavy atom. The van der Waals surface area contributed by atoms with E-state index in [9.17, 15) is 0 Å². The number of nitrogens with zero attached hydrogens (tertiary/aromatic N) is 1. The van der Waals surface area contributed by atoms with Gasteiger partial charge in [-0.25, -0.2) is 0 Å². The van der Waals surface area contributed by atoms with Crippen LogP contribution in [0.25, 0.3) is 0 Å². The van der Waals surface area contributed by atoms with Crippen molar-refractivity contribution >= 4 is 0 Å². The summed E-state index contributed by atoms with van der Waals surface area (Å²) in [6, 6.07) is 0.348. The van der Waals surface area contributed by atoms with Gasteiger partial charge < -0.3 is 24.8 Å². The van der Waals surface area contributed by atoms with Crippen LogP contribution in [0.4, 0.5) is 0 Å². The van der Waals surface area contributed by atoms with Crippen LogP contribution in [-0.2, 0) is 14.2 Å². The molecule has 5 heteroatoms. The summed E-state index contributed by atoms with van der Waals surface area (Å²) in [6.45, 7) is 19.0. The SMILES string of the molecule is CCCCCCCOCC(COCCCCCCCCOC1CCC2(C)C(=CCC3C2CCC2(C)C3CCC2(N)C(C)CCCC(C)C)C1)N(C)C. The summed E-state index contributed by atoms with van der Waals surface area (Å²) >= 11 is 0. The van der Waals surface area contributed by atoms with E-state index >= 15 is 0 Å². The Bertz CT molecular complexity index is 1030. The molecule has 0 heterocycles. The van der Waals surface area contributed by atoms with Gasteiger partial charge in [0.2, 0.25) is 0 Å². The number of nitrogens with two attached hydrogens (primary N) is 1. The van der Waals surface area contributed by atoms with Crippen molar-refractivity contribution in [3.05, 3.63) is 11.6 Å². The molecule has 3 fully saturated rings. The summed E-state index contributed by atoms with van der Waals surface area (Å²) in [5.41, 5.74) is 9.97. The second kappa shape index (κ2) is 21.7. The average Bonchev–Trinajstić information content (AvgIpc) is 3.39. The van der Waals surface area contributed by atoms with E-state index in [1.54, 1.807) is 5.57 Å². The zero-order valence-corrected chi connectivity index (χ0v) is 36.0. The Morgan fingerprint density at radius 2 is 1.37 bits per heavy atom. The third-order valence-electron chi connectivity index (χ3n) is 15.5. The molecular weight excluding hydrogens is 641 g/mol. The maximum Gasteiger partial charge on any atom is 0.0644 e. The topological polar surface area (TPSA) is 57.0 Å². The Kier molecular flexibility index (Phi) is 18.5. The lowest BCUT2D eigenvalue weighted by molar-refractivity contribution is -0.0707. The minimum Gasteiger partial charge on any atom is -0.380 e. The second-order valence-electron chi connectivity index (χ2n) is 19.6. The highest BCUT2D eigenvalue weighted by atomic mass is 16.5. The monoisotopic (exact) mass is 729 g/mol. The highest BCUT2D eigenvalue weighted by Crippen LogP contribution is 2.68. The van der Waals surface area contributed by atoms with Gasteiger partial charge in [-0.1, -0.05) is 117 Å². The molecule has 4 rings (SSSR count). The van der Waals surface area contributed by atoms with Gasteiger partial charge in [-0.3, -0.25) is 0 Å². The predicted molar refractivity (Wildman–Crippen MR) is 222 cm³/mol. The van der Waals surface area contributed by atoms with E-state index in [2.05, 4.69) is 66.6 Å². The summed E-state index contributed by atoms with van der Waals surface area (Å²) < 4.78 is 18.6. The van der Waals surface area contributed by atoms with Gasteiger partial charge in [0.05, 0.1) is 25.4 Å². The second-order valence-corrected chi connectivity index (χ2v) is 19.6. The van der Waals surface area contributed by atoms with Crippen LogP contribution in [0.15, 0.2) is 11.6 Å². The van der Waals surface area contributed by atoms with Crippen molar-refractivity contribution in [2.45, 2.75) is 200 Å². The normalized spacial score (nSPS) is 32.8.